The van der Waals surface area contributed by atoms with Gasteiger partial charge in [0.1, 0.15) is 5.69 Å². The van der Waals surface area contributed by atoms with Crippen molar-refractivity contribution in [3.63, 3.8) is 0 Å². The summed E-state index contributed by atoms with van der Waals surface area (Å²) in [6.45, 7) is 7.99. The molecule has 10 N–H and O–H groups in total. The van der Waals surface area contributed by atoms with E-state index in [2.05, 4.69) is 194 Å². The van der Waals surface area contributed by atoms with Gasteiger partial charge in [-0.2, -0.15) is 20.4 Å². The molecule has 0 radical (unpaired) electrons. The number of nitrogens with zero attached hydrogens (tertiary/aromatic N) is 8. The maximum Gasteiger partial charge on any atom is 0.259 e. The Morgan fingerprint density at radius 2 is 0.904 bits per heavy atom. The first kappa shape index (κ1) is 68.1. The third-order valence-electron chi connectivity index (χ3n) is 18.5. The highest BCUT2D eigenvalue weighted by atomic mass is 16.2. The highest BCUT2D eigenvalue weighted by Gasteiger charge is 2.27. The number of rotatable bonds is 8. The molecular weight excluding hydrogens is 1310 g/mol. The van der Waals surface area contributed by atoms with Gasteiger partial charge in [0.25, 0.3) is 5.91 Å². The largest absolute Gasteiger partial charge is 0.380 e. The monoisotopic (exact) mass is 1380 g/mol. The number of fused-ring (bicyclic) bond motifs is 6. The van der Waals surface area contributed by atoms with E-state index in [0.29, 0.717) is 48.4 Å². The molecule has 4 atom stereocenters. The van der Waals surface area contributed by atoms with E-state index in [1.165, 1.54) is 22.0 Å². The van der Waals surface area contributed by atoms with Gasteiger partial charge in [-0.15, -0.1) is 0 Å². The van der Waals surface area contributed by atoms with Crippen LogP contribution in [-0.2, 0) is 47.4 Å². The number of carbonyl (C=O) groups is 5. The van der Waals surface area contributed by atoms with Crippen molar-refractivity contribution < 1.29 is 24.0 Å². The van der Waals surface area contributed by atoms with Crippen LogP contribution < -0.4 is 47.9 Å². The minimum Gasteiger partial charge on any atom is -0.380 e. The number of anilines is 9. The maximum atomic E-state index is 13.1. The summed E-state index contributed by atoms with van der Waals surface area (Å²) in [5.41, 5.74) is 21.7. The van der Waals surface area contributed by atoms with Crippen LogP contribution in [0.25, 0.3) is 88.7 Å². The minimum absolute atomic E-state index is 0.0278. The van der Waals surface area contributed by atoms with Gasteiger partial charge in [-0.1, -0.05) is 103 Å². The number of hydrogen-bond acceptors (Lipinski definition) is 13. The van der Waals surface area contributed by atoms with Gasteiger partial charge < -0.3 is 52.4 Å². The standard InChI is InChI=1S/C22H20N2O.C21H20N6O.C19H21N7O2.C19H19N3O/c1-15-13-21(25)24-20-12-6-11-19(22(20)23-15)18-10-5-9-17(14-18)16-7-3-2-4-8-16;1-12-8-19(28)24-18-5-3-4-15(21(18)23-12)13-6-7-17-16(9-13)20(26-25-17)14-10-22-27(2)11-14;1-11-7-16(27)22-15-6-4-5-13(17(15)21-11)19(28)23-18-14(10-26(3)24-18)12-8-20-25(2)9-12;1-12-10-18(23)21-16-5-3-4-15(19(16)20-12)13-6-7-17-14(11-13)8-9-22(17)2/h2-12,14-15,23H,13H2,1H3,(H,24,25);3-7,9-12,23H,8H2,1-2H3,(H,24,28)(H,25,26);4-6,8-11,21H,7H2,1-3H3,(H,22,27)(H,23,24,28);3-9,11-12,20H,10H2,1-2H3,(H,21,23)/t15-;12-;11-;12-/m1111/s1. The Balaban J connectivity index is 0.000000117. The summed E-state index contributed by atoms with van der Waals surface area (Å²) in [6.07, 6.45) is 13.0. The van der Waals surface area contributed by atoms with Gasteiger partial charge in [0.2, 0.25) is 23.6 Å². The summed E-state index contributed by atoms with van der Waals surface area (Å²) in [4.78, 5) is 61.0. The number of aromatic amines is 1. The smallest absolute Gasteiger partial charge is 0.259 e. The van der Waals surface area contributed by atoms with Crippen LogP contribution in [0, 0.1) is 0 Å². The second kappa shape index (κ2) is 29.3. The molecule has 23 heteroatoms. The lowest BCUT2D eigenvalue weighted by atomic mass is 9.97. The van der Waals surface area contributed by atoms with Crippen molar-refractivity contribution in [3.05, 3.63) is 213 Å². The van der Waals surface area contributed by atoms with Crippen LogP contribution in [0.2, 0.25) is 0 Å². The molecule has 0 aliphatic carbocycles. The number of hydrogen-bond donors (Lipinski definition) is 10. The fraction of sp³-hybridized carbons (Fsp3) is 0.198. The lowest BCUT2D eigenvalue weighted by Crippen LogP contribution is -2.20. The van der Waals surface area contributed by atoms with Gasteiger partial charge in [-0.25, -0.2) is 0 Å². The molecule has 0 saturated carbocycles. The van der Waals surface area contributed by atoms with Crippen molar-refractivity contribution >= 4 is 103 Å². The van der Waals surface area contributed by atoms with Crippen molar-refractivity contribution in [1.82, 2.24) is 44.1 Å². The number of aromatic nitrogens is 9. The molecule has 0 fully saturated rings. The number of benzene rings is 8. The Bertz CT molecular complexity index is 5430. The molecule has 104 heavy (non-hydrogen) atoms. The van der Waals surface area contributed by atoms with E-state index < -0.39 is 0 Å². The van der Waals surface area contributed by atoms with Crippen LogP contribution in [0.1, 0.15) is 63.7 Å². The Labute approximate surface area is 600 Å². The van der Waals surface area contributed by atoms with E-state index in [1.54, 1.807) is 45.5 Å². The summed E-state index contributed by atoms with van der Waals surface area (Å²) in [7, 11) is 7.57. The van der Waals surface area contributed by atoms with E-state index in [0.717, 1.165) is 101 Å². The third kappa shape index (κ3) is 14.9. The van der Waals surface area contributed by atoms with Crippen LogP contribution in [0.5, 0.6) is 0 Å². The number of nitrogens with one attached hydrogen (secondary N) is 10. The van der Waals surface area contributed by atoms with Crippen LogP contribution in [0.4, 0.5) is 51.3 Å². The SMILES string of the molecule is C[C@@H]1CC(=O)Nc2cccc(-c3ccc4[nH]nc(-c5cnn(C)c5)c4c3)c2N1.C[C@@H]1CC(=O)Nc2cccc(-c3ccc4c(ccn4C)c3)c2N1.C[C@@H]1CC(=O)Nc2cccc(-c3cccc(-c4ccccc4)c3)c2N1.C[C@@H]1CC(=O)Nc2cccc(C(=O)Nc3nn(C)cc3-c3cnn(C)c3)c2N1. The van der Waals surface area contributed by atoms with Gasteiger partial charge in [0, 0.05) is 152 Å². The molecule has 524 valence electrons. The van der Waals surface area contributed by atoms with Crippen molar-refractivity contribution in [1.29, 1.82) is 0 Å². The Kier molecular flexibility index (Phi) is 19.2. The lowest BCUT2D eigenvalue weighted by Gasteiger charge is -2.17. The second-order valence-corrected chi connectivity index (χ2v) is 26.9. The predicted octanol–water partition coefficient (Wildman–Crippen LogP) is 15.1. The van der Waals surface area contributed by atoms with Gasteiger partial charge in [-0.3, -0.25) is 43.1 Å². The molecule has 23 nitrogen and oxygen atoms in total. The Morgan fingerprint density at radius 1 is 0.433 bits per heavy atom. The molecule has 9 heterocycles. The minimum atomic E-state index is -0.309. The highest BCUT2D eigenvalue weighted by Crippen LogP contribution is 2.42. The predicted molar refractivity (Wildman–Crippen MR) is 415 cm³/mol. The number of aryl methyl sites for hydroxylation is 4. The second-order valence-electron chi connectivity index (χ2n) is 26.9. The van der Waals surface area contributed by atoms with Gasteiger partial charge >= 0.3 is 0 Å². The summed E-state index contributed by atoms with van der Waals surface area (Å²) in [5, 5.41) is 51.1. The molecule has 4 aliphatic heterocycles. The van der Waals surface area contributed by atoms with Gasteiger partial charge in [0.15, 0.2) is 5.82 Å². The molecular formula is C81H80N18O5. The summed E-state index contributed by atoms with van der Waals surface area (Å²) in [5.74, 6) is 0.189. The fourth-order valence-corrected chi connectivity index (χ4v) is 13.7. The summed E-state index contributed by atoms with van der Waals surface area (Å²) >= 11 is 0. The zero-order valence-corrected chi connectivity index (χ0v) is 58.9. The number of amides is 5. The van der Waals surface area contributed by atoms with E-state index >= 15 is 0 Å². The fourth-order valence-electron chi connectivity index (χ4n) is 13.7. The first-order chi connectivity index (χ1) is 50.3. The van der Waals surface area contributed by atoms with E-state index in [4.69, 9.17) is 0 Å². The normalized spacial score (nSPS) is 16.5. The van der Waals surface area contributed by atoms with Crippen molar-refractivity contribution in [2.75, 3.05) is 47.9 Å². The van der Waals surface area contributed by atoms with Crippen LogP contribution in [-0.4, -0.2) is 97.8 Å². The number of carbonyl (C=O) groups excluding carboxylic acids is 5. The van der Waals surface area contributed by atoms with Crippen molar-refractivity contribution in [3.8, 4) is 66.9 Å². The van der Waals surface area contributed by atoms with Crippen molar-refractivity contribution in [2.45, 2.75) is 77.5 Å². The summed E-state index contributed by atoms with van der Waals surface area (Å²) < 4.78 is 7.22. The van der Waals surface area contributed by atoms with Gasteiger partial charge in [-0.05, 0) is 122 Å². The van der Waals surface area contributed by atoms with E-state index in [1.807, 2.05) is 115 Å². The average Bonchev–Trinajstić information content (AvgIpc) is 1.52. The first-order valence-electron chi connectivity index (χ1n) is 34.6. The first-order valence-corrected chi connectivity index (χ1v) is 34.6. The molecule has 4 aliphatic rings. The quantitative estimate of drug-likeness (QED) is 0.0678. The number of para-hydroxylation sites is 4. The van der Waals surface area contributed by atoms with Gasteiger partial charge in [0.05, 0.1) is 69.0 Å². The third-order valence-corrected chi connectivity index (χ3v) is 18.5. The van der Waals surface area contributed by atoms with Crippen molar-refractivity contribution in [2.24, 2.45) is 28.2 Å². The maximum absolute atomic E-state index is 13.1. The molecule has 0 unspecified atom stereocenters. The van der Waals surface area contributed by atoms with Crippen LogP contribution >= 0.6 is 0 Å². The zero-order chi connectivity index (χ0) is 72.3. The van der Waals surface area contributed by atoms with Crippen LogP contribution in [0.3, 0.4) is 0 Å². The Hall–Kier alpha value is -13.1. The molecule has 5 aromatic heterocycles. The molecule has 8 aromatic carbocycles. The highest BCUT2D eigenvalue weighted by molar-refractivity contribution is 6.12. The molecule has 5 amide bonds. The average molecular weight is 1390 g/mol. The van der Waals surface area contributed by atoms with E-state index in [-0.39, 0.29) is 53.7 Å². The molecule has 0 spiro atoms. The van der Waals surface area contributed by atoms with E-state index in [9.17, 15) is 24.0 Å². The van der Waals surface area contributed by atoms with Crippen LogP contribution in [0.15, 0.2) is 207 Å². The number of H-pyrrole nitrogens is 1. The molecule has 0 saturated heterocycles. The molecule has 13 aromatic rings. The zero-order valence-electron chi connectivity index (χ0n) is 58.9. The summed E-state index contributed by atoms with van der Waals surface area (Å²) in [6, 6.07) is 57.2. The Morgan fingerprint density at radius 3 is 1.45 bits per heavy atom. The molecule has 17 rings (SSSR count). The lowest BCUT2D eigenvalue weighted by molar-refractivity contribution is -0.117. The molecule has 0 bridgehead atoms. The topological polar surface area (TPSA) is 281 Å².